The van der Waals surface area contributed by atoms with Gasteiger partial charge in [0.15, 0.2) is 4.34 Å². The summed E-state index contributed by atoms with van der Waals surface area (Å²) >= 11 is 2.58. The van der Waals surface area contributed by atoms with E-state index < -0.39 is 10.2 Å². The Morgan fingerprint density at radius 1 is 1.14 bits per heavy atom. The number of aromatic nitrogens is 2. The summed E-state index contributed by atoms with van der Waals surface area (Å²) in [5, 5.41) is 25.2. The third kappa shape index (κ3) is 4.84. The second kappa shape index (κ2) is 8.81. The first-order chi connectivity index (χ1) is 13.4. The zero-order valence-corrected chi connectivity index (χ0v) is 16.7. The summed E-state index contributed by atoms with van der Waals surface area (Å²) in [6, 6.07) is 13.9. The highest BCUT2D eigenvalue weighted by Gasteiger charge is 2.21. The number of hydrogen-bond donors (Lipinski definition) is 2. The molecule has 0 spiro atoms. The third-order valence-electron chi connectivity index (χ3n) is 3.80. The van der Waals surface area contributed by atoms with E-state index in [4.69, 9.17) is 0 Å². The molecule has 0 unspecified atom stereocenters. The van der Waals surface area contributed by atoms with Gasteiger partial charge in [0.2, 0.25) is 11.0 Å². The van der Waals surface area contributed by atoms with Crippen LogP contribution in [0.5, 0.6) is 0 Å². The van der Waals surface area contributed by atoms with Gasteiger partial charge in [0.25, 0.3) is 5.69 Å². The minimum Gasteiger partial charge on any atom is -0.330 e. The van der Waals surface area contributed by atoms with Crippen molar-refractivity contribution >= 4 is 51.2 Å². The Balaban J connectivity index is 1.63. The summed E-state index contributed by atoms with van der Waals surface area (Å²) in [6.45, 7) is 3.71. The fraction of sp³-hybridized carbons (Fsp3) is 0.167. The lowest BCUT2D eigenvalue weighted by Gasteiger charge is -2.10. The summed E-state index contributed by atoms with van der Waals surface area (Å²) in [5.41, 5.74) is 2.05. The lowest BCUT2D eigenvalue weighted by molar-refractivity contribution is -0.383. The van der Waals surface area contributed by atoms with Gasteiger partial charge in [0.05, 0.1) is 10.2 Å². The molecule has 3 rings (SSSR count). The molecular weight excluding hydrogens is 398 g/mol. The van der Waals surface area contributed by atoms with Crippen molar-refractivity contribution in [2.45, 2.75) is 23.4 Å². The van der Waals surface area contributed by atoms with Gasteiger partial charge in [0.1, 0.15) is 5.69 Å². The van der Waals surface area contributed by atoms with Crippen LogP contribution in [-0.4, -0.2) is 26.3 Å². The molecule has 10 heteroatoms. The Bertz CT molecular complexity index is 1010. The molecule has 3 aromatic rings. The molecule has 144 valence electrons. The minimum atomic E-state index is -0.526. The molecule has 2 aromatic carbocycles. The maximum atomic E-state index is 12.4. The van der Waals surface area contributed by atoms with E-state index in [1.54, 1.807) is 19.1 Å². The first-order valence-electron chi connectivity index (χ1n) is 8.31. The van der Waals surface area contributed by atoms with Crippen LogP contribution in [-0.2, 0) is 4.79 Å². The van der Waals surface area contributed by atoms with Crippen LogP contribution >= 0.6 is 23.1 Å². The van der Waals surface area contributed by atoms with Crippen LogP contribution in [0.15, 0.2) is 52.9 Å². The maximum absolute atomic E-state index is 12.4. The van der Waals surface area contributed by atoms with E-state index in [1.807, 2.05) is 31.2 Å². The first kappa shape index (κ1) is 19.8. The predicted octanol–water partition coefficient (Wildman–Crippen LogP) is 4.62. The van der Waals surface area contributed by atoms with E-state index in [0.29, 0.717) is 9.47 Å². The Morgan fingerprint density at radius 3 is 2.54 bits per heavy atom. The molecule has 0 aliphatic heterocycles. The molecule has 2 N–H and O–H groups in total. The number of carbonyl (C=O) groups excluding carboxylic acids is 1. The molecule has 1 aromatic heterocycles. The SMILES string of the molecule is Cc1ccccc1Nc1nnc(S[C@@H](C)C(=O)Nc2ccccc2[N+](=O)[O-])s1. The lowest BCUT2D eigenvalue weighted by atomic mass is 10.2. The summed E-state index contributed by atoms with van der Waals surface area (Å²) in [6.07, 6.45) is 0. The Hall–Kier alpha value is -2.98. The highest BCUT2D eigenvalue weighted by Crippen LogP contribution is 2.32. The van der Waals surface area contributed by atoms with E-state index >= 15 is 0 Å². The topological polar surface area (TPSA) is 110 Å². The fourth-order valence-electron chi connectivity index (χ4n) is 2.31. The smallest absolute Gasteiger partial charge is 0.292 e. The van der Waals surface area contributed by atoms with E-state index in [0.717, 1.165) is 11.3 Å². The number of amides is 1. The van der Waals surface area contributed by atoms with Gasteiger partial charge in [-0.05, 0) is 31.5 Å². The van der Waals surface area contributed by atoms with Gasteiger partial charge in [-0.2, -0.15) is 0 Å². The standard InChI is InChI=1S/C18H17N5O3S2/c1-11-7-3-4-8-13(11)20-17-21-22-18(28-17)27-12(2)16(24)19-14-9-5-6-10-15(14)23(25)26/h3-10,12H,1-2H3,(H,19,24)(H,20,21)/t12-/m0/s1. The fourth-order valence-corrected chi connectivity index (χ4v) is 4.22. The third-order valence-corrected chi connectivity index (χ3v) is 5.82. The van der Waals surface area contributed by atoms with Gasteiger partial charge in [-0.1, -0.05) is 53.4 Å². The second-order valence-electron chi connectivity index (χ2n) is 5.84. The number of thioether (sulfide) groups is 1. The number of carbonyl (C=O) groups is 1. The molecule has 8 nitrogen and oxygen atoms in total. The number of benzene rings is 2. The van der Waals surface area contributed by atoms with Gasteiger partial charge in [0, 0.05) is 11.8 Å². The van der Waals surface area contributed by atoms with Crippen LogP contribution in [0.3, 0.4) is 0 Å². The van der Waals surface area contributed by atoms with Crippen LogP contribution in [0.25, 0.3) is 0 Å². The van der Waals surface area contributed by atoms with E-state index in [9.17, 15) is 14.9 Å². The number of anilines is 3. The van der Waals surface area contributed by atoms with E-state index in [-0.39, 0.29) is 17.3 Å². The molecule has 0 radical (unpaired) electrons. The summed E-state index contributed by atoms with van der Waals surface area (Å²) < 4.78 is 0.626. The van der Waals surface area contributed by atoms with Crippen molar-refractivity contribution in [1.82, 2.24) is 10.2 Å². The Kier molecular flexibility index (Phi) is 6.22. The zero-order valence-electron chi connectivity index (χ0n) is 15.1. The molecule has 0 aliphatic carbocycles. The van der Waals surface area contributed by atoms with Crippen molar-refractivity contribution in [3.8, 4) is 0 Å². The molecule has 0 saturated heterocycles. The van der Waals surface area contributed by atoms with Crippen molar-refractivity contribution in [1.29, 1.82) is 0 Å². The molecule has 0 bridgehead atoms. The number of hydrogen-bond acceptors (Lipinski definition) is 8. The van der Waals surface area contributed by atoms with Crippen LogP contribution in [0.2, 0.25) is 0 Å². The van der Waals surface area contributed by atoms with Crippen LogP contribution < -0.4 is 10.6 Å². The summed E-state index contributed by atoms with van der Waals surface area (Å²) in [4.78, 5) is 23.0. The molecule has 1 atom stereocenters. The first-order valence-corrected chi connectivity index (χ1v) is 10.0. The van der Waals surface area contributed by atoms with Crippen LogP contribution in [0, 0.1) is 17.0 Å². The molecule has 0 fully saturated rings. The Morgan fingerprint density at radius 2 is 1.82 bits per heavy atom. The molecular formula is C18H17N5O3S2. The highest BCUT2D eigenvalue weighted by molar-refractivity contribution is 8.02. The number of nitrogens with one attached hydrogen (secondary N) is 2. The number of nitrogens with zero attached hydrogens (tertiary/aromatic N) is 3. The van der Waals surface area contributed by atoms with Gasteiger partial charge in [-0.3, -0.25) is 14.9 Å². The quantitative estimate of drug-likeness (QED) is 0.329. The predicted molar refractivity (Wildman–Crippen MR) is 111 cm³/mol. The van der Waals surface area contributed by atoms with Gasteiger partial charge >= 0.3 is 0 Å². The van der Waals surface area contributed by atoms with Gasteiger partial charge in [-0.25, -0.2) is 0 Å². The molecule has 1 amide bonds. The van der Waals surface area contributed by atoms with Crippen molar-refractivity contribution < 1.29 is 9.72 Å². The number of rotatable bonds is 7. The molecule has 0 saturated carbocycles. The van der Waals surface area contributed by atoms with Gasteiger partial charge in [-0.15, -0.1) is 10.2 Å². The number of aryl methyl sites for hydroxylation is 1. The zero-order chi connectivity index (χ0) is 20.1. The second-order valence-corrected chi connectivity index (χ2v) is 8.40. The average molecular weight is 416 g/mol. The normalized spacial score (nSPS) is 11.6. The van der Waals surface area contributed by atoms with Crippen molar-refractivity contribution in [2.24, 2.45) is 0 Å². The maximum Gasteiger partial charge on any atom is 0.292 e. The summed E-state index contributed by atoms with van der Waals surface area (Å²) in [7, 11) is 0. The number of para-hydroxylation sites is 3. The number of nitro benzene ring substituents is 1. The summed E-state index contributed by atoms with van der Waals surface area (Å²) in [5.74, 6) is -0.345. The minimum absolute atomic E-state index is 0.145. The van der Waals surface area contributed by atoms with Crippen LogP contribution in [0.4, 0.5) is 22.2 Å². The number of nitro groups is 1. The molecule has 28 heavy (non-hydrogen) atoms. The molecule has 0 aliphatic rings. The van der Waals surface area contributed by atoms with E-state index in [1.165, 1.54) is 35.2 Å². The van der Waals surface area contributed by atoms with Crippen LogP contribution in [0.1, 0.15) is 12.5 Å². The lowest BCUT2D eigenvalue weighted by Crippen LogP contribution is -2.22. The van der Waals surface area contributed by atoms with Gasteiger partial charge < -0.3 is 10.6 Å². The van der Waals surface area contributed by atoms with Crippen molar-refractivity contribution in [2.75, 3.05) is 10.6 Å². The molecule has 1 heterocycles. The monoisotopic (exact) mass is 415 g/mol. The van der Waals surface area contributed by atoms with Crippen molar-refractivity contribution in [3.05, 3.63) is 64.2 Å². The highest BCUT2D eigenvalue weighted by atomic mass is 32.2. The van der Waals surface area contributed by atoms with Crippen molar-refractivity contribution in [3.63, 3.8) is 0 Å². The largest absolute Gasteiger partial charge is 0.330 e. The average Bonchev–Trinajstić information content (AvgIpc) is 3.10. The van der Waals surface area contributed by atoms with E-state index in [2.05, 4.69) is 20.8 Å². The Labute approximate surface area is 169 Å².